The molecule has 0 unspecified atom stereocenters. The average molecular weight is 305 g/mol. The van der Waals surface area contributed by atoms with Crippen molar-refractivity contribution in [1.82, 2.24) is 0 Å². The number of anilines is 1. The highest BCUT2D eigenvalue weighted by atomic mass is 19.4. The number of aliphatic hydroxyl groups excluding tert-OH is 1. The maximum atomic E-state index is 12.0. The summed E-state index contributed by atoms with van der Waals surface area (Å²) in [5, 5.41) is 12.7. The van der Waals surface area contributed by atoms with Crippen molar-refractivity contribution in [2.45, 2.75) is 32.9 Å². The molecule has 21 heavy (non-hydrogen) atoms. The van der Waals surface area contributed by atoms with Crippen LogP contribution < -0.4 is 10.1 Å². The molecule has 0 aromatic heterocycles. The Morgan fingerprint density at radius 3 is 2.10 bits per heavy atom. The van der Waals surface area contributed by atoms with Crippen molar-refractivity contribution in [2.75, 3.05) is 25.1 Å². The molecule has 0 aliphatic carbocycles. The SMILES string of the molecule is CCC(CC)(CO)CNc1ccc(OCC(F)(F)F)cc1. The molecule has 1 rings (SSSR count). The monoisotopic (exact) mass is 305 g/mol. The van der Waals surface area contributed by atoms with Gasteiger partial charge in [-0.3, -0.25) is 0 Å². The molecule has 0 bridgehead atoms. The van der Waals surface area contributed by atoms with Gasteiger partial charge in [0, 0.05) is 17.6 Å². The molecule has 0 aliphatic heterocycles. The van der Waals surface area contributed by atoms with E-state index in [1.165, 1.54) is 12.1 Å². The highest BCUT2D eigenvalue weighted by Gasteiger charge is 2.28. The summed E-state index contributed by atoms with van der Waals surface area (Å²) in [6, 6.07) is 6.32. The maximum absolute atomic E-state index is 12.0. The quantitative estimate of drug-likeness (QED) is 0.767. The molecule has 0 fully saturated rings. The summed E-state index contributed by atoms with van der Waals surface area (Å²) in [7, 11) is 0. The first-order chi connectivity index (χ1) is 9.84. The molecule has 2 N–H and O–H groups in total. The first-order valence-corrected chi connectivity index (χ1v) is 6.98. The third-order valence-electron chi connectivity index (χ3n) is 3.76. The Morgan fingerprint density at radius 1 is 1.10 bits per heavy atom. The number of halogens is 3. The van der Waals surface area contributed by atoms with Crippen LogP contribution in [0.5, 0.6) is 5.75 Å². The van der Waals surface area contributed by atoms with Crippen molar-refractivity contribution in [1.29, 1.82) is 0 Å². The predicted octanol–water partition coefficient (Wildman–Crippen LogP) is 3.84. The van der Waals surface area contributed by atoms with E-state index in [1.54, 1.807) is 12.1 Å². The molecule has 0 spiro atoms. The second kappa shape index (κ2) is 7.54. The average Bonchev–Trinajstić information content (AvgIpc) is 2.47. The second-order valence-electron chi connectivity index (χ2n) is 5.15. The number of nitrogens with one attached hydrogen (secondary N) is 1. The zero-order valence-corrected chi connectivity index (χ0v) is 12.3. The van der Waals surface area contributed by atoms with Crippen LogP contribution in [0.2, 0.25) is 0 Å². The molecule has 0 saturated heterocycles. The molecule has 120 valence electrons. The van der Waals surface area contributed by atoms with Gasteiger partial charge < -0.3 is 15.2 Å². The van der Waals surface area contributed by atoms with Crippen LogP contribution in [0.1, 0.15) is 26.7 Å². The van der Waals surface area contributed by atoms with Crippen molar-refractivity contribution < 1.29 is 23.0 Å². The molecule has 0 heterocycles. The molecule has 6 heteroatoms. The van der Waals surface area contributed by atoms with E-state index in [2.05, 4.69) is 10.1 Å². The number of hydrogen-bond acceptors (Lipinski definition) is 3. The number of benzene rings is 1. The number of hydrogen-bond donors (Lipinski definition) is 2. The highest BCUT2D eigenvalue weighted by Crippen LogP contribution is 2.27. The minimum Gasteiger partial charge on any atom is -0.484 e. The maximum Gasteiger partial charge on any atom is 0.422 e. The Balaban J connectivity index is 2.55. The van der Waals surface area contributed by atoms with Gasteiger partial charge >= 0.3 is 6.18 Å². The lowest BCUT2D eigenvalue weighted by Crippen LogP contribution is -2.32. The normalized spacial score (nSPS) is 12.3. The van der Waals surface area contributed by atoms with Crippen LogP contribution in [0.25, 0.3) is 0 Å². The van der Waals surface area contributed by atoms with E-state index in [4.69, 9.17) is 0 Å². The lowest BCUT2D eigenvalue weighted by molar-refractivity contribution is -0.153. The molecular formula is C15H22F3NO2. The fraction of sp³-hybridized carbons (Fsp3) is 0.600. The summed E-state index contributed by atoms with van der Waals surface area (Å²) < 4.78 is 40.7. The van der Waals surface area contributed by atoms with E-state index < -0.39 is 12.8 Å². The van der Waals surface area contributed by atoms with Crippen LogP contribution in [0.3, 0.4) is 0 Å². The van der Waals surface area contributed by atoms with E-state index in [0.717, 1.165) is 18.5 Å². The minimum atomic E-state index is -4.33. The summed E-state index contributed by atoms with van der Waals surface area (Å²) in [6.07, 6.45) is -2.64. The summed E-state index contributed by atoms with van der Waals surface area (Å²) in [5.41, 5.74) is 0.611. The third-order valence-corrected chi connectivity index (χ3v) is 3.76. The fourth-order valence-corrected chi connectivity index (χ4v) is 1.90. The van der Waals surface area contributed by atoms with Crippen molar-refractivity contribution in [2.24, 2.45) is 5.41 Å². The molecule has 0 amide bonds. The van der Waals surface area contributed by atoms with Gasteiger partial charge in [0.1, 0.15) is 5.75 Å². The van der Waals surface area contributed by atoms with E-state index in [9.17, 15) is 18.3 Å². The van der Waals surface area contributed by atoms with Gasteiger partial charge in [0.05, 0.1) is 6.61 Å². The minimum absolute atomic E-state index is 0.0970. The second-order valence-corrected chi connectivity index (χ2v) is 5.15. The number of ether oxygens (including phenoxy) is 1. The first kappa shape index (κ1) is 17.6. The van der Waals surface area contributed by atoms with Crippen molar-refractivity contribution in [3.05, 3.63) is 24.3 Å². The Morgan fingerprint density at radius 2 is 1.67 bits per heavy atom. The van der Waals surface area contributed by atoms with Crippen LogP contribution in [-0.4, -0.2) is 31.0 Å². The Labute approximate surface area is 123 Å². The highest BCUT2D eigenvalue weighted by molar-refractivity contribution is 5.46. The Kier molecular flexibility index (Phi) is 6.33. The summed E-state index contributed by atoms with van der Waals surface area (Å²) in [6.45, 7) is 3.46. The van der Waals surface area contributed by atoms with Crippen molar-refractivity contribution >= 4 is 5.69 Å². The zero-order valence-electron chi connectivity index (χ0n) is 12.3. The molecule has 1 aromatic rings. The fourth-order valence-electron chi connectivity index (χ4n) is 1.90. The van der Waals surface area contributed by atoms with Gasteiger partial charge in [-0.2, -0.15) is 13.2 Å². The van der Waals surface area contributed by atoms with Gasteiger partial charge in [-0.1, -0.05) is 13.8 Å². The number of rotatable bonds is 8. The number of alkyl halides is 3. The molecular weight excluding hydrogens is 283 g/mol. The van der Waals surface area contributed by atoms with E-state index in [-0.39, 0.29) is 17.8 Å². The largest absolute Gasteiger partial charge is 0.484 e. The van der Waals surface area contributed by atoms with Gasteiger partial charge in [-0.15, -0.1) is 0 Å². The first-order valence-electron chi connectivity index (χ1n) is 6.98. The third kappa shape index (κ3) is 5.83. The molecule has 0 radical (unpaired) electrons. The molecule has 0 atom stereocenters. The van der Waals surface area contributed by atoms with Crippen LogP contribution in [-0.2, 0) is 0 Å². The summed E-state index contributed by atoms with van der Waals surface area (Å²) in [4.78, 5) is 0. The van der Waals surface area contributed by atoms with Gasteiger partial charge in [-0.25, -0.2) is 0 Å². The molecule has 1 aromatic carbocycles. The van der Waals surface area contributed by atoms with Crippen molar-refractivity contribution in [3.63, 3.8) is 0 Å². The summed E-state index contributed by atoms with van der Waals surface area (Å²) in [5.74, 6) is 0.178. The lowest BCUT2D eigenvalue weighted by Gasteiger charge is -2.30. The topological polar surface area (TPSA) is 41.5 Å². The van der Waals surface area contributed by atoms with Crippen molar-refractivity contribution in [3.8, 4) is 5.75 Å². The Bertz CT molecular complexity index is 406. The predicted molar refractivity (Wildman–Crippen MR) is 76.6 cm³/mol. The Hall–Kier alpha value is -1.43. The van der Waals surface area contributed by atoms with Gasteiger partial charge in [0.15, 0.2) is 6.61 Å². The lowest BCUT2D eigenvalue weighted by atomic mass is 9.83. The van der Waals surface area contributed by atoms with Gasteiger partial charge in [0.2, 0.25) is 0 Å². The molecule has 3 nitrogen and oxygen atoms in total. The van der Waals surface area contributed by atoms with E-state index >= 15 is 0 Å². The van der Waals surface area contributed by atoms with E-state index in [0.29, 0.717) is 6.54 Å². The van der Waals surface area contributed by atoms with Gasteiger partial charge in [0.25, 0.3) is 0 Å². The van der Waals surface area contributed by atoms with Gasteiger partial charge in [-0.05, 0) is 37.1 Å². The van der Waals surface area contributed by atoms with E-state index in [1.807, 2.05) is 13.8 Å². The smallest absolute Gasteiger partial charge is 0.422 e. The zero-order chi connectivity index (χ0) is 15.9. The molecule has 0 aliphatic rings. The standard InChI is InChI=1S/C15H22F3NO2/c1-3-14(4-2,10-20)9-19-12-5-7-13(8-6-12)21-11-15(16,17)18/h5-8,19-20H,3-4,9-11H2,1-2H3. The summed E-state index contributed by atoms with van der Waals surface area (Å²) >= 11 is 0. The van der Waals surface area contributed by atoms with Crippen LogP contribution >= 0.6 is 0 Å². The van der Waals surface area contributed by atoms with Crippen LogP contribution in [0.4, 0.5) is 18.9 Å². The van der Waals surface area contributed by atoms with Crippen LogP contribution in [0, 0.1) is 5.41 Å². The molecule has 0 saturated carbocycles. The number of aliphatic hydroxyl groups is 1. The van der Waals surface area contributed by atoms with Crippen LogP contribution in [0.15, 0.2) is 24.3 Å².